The lowest BCUT2D eigenvalue weighted by Gasteiger charge is -2.17. The Morgan fingerprint density at radius 2 is 2.30 bits per heavy atom. The molecule has 0 aromatic rings. The molecule has 1 aliphatic carbocycles. The highest BCUT2D eigenvalue weighted by molar-refractivity contribution is 14.1. The van der Waals surface area contributed by atoms with Gasteiger partial charge in [-0.1, -0.05) is 32.1 Å². The van der Waals surface area contributed by atoms with E-state index in [0.29, 0.717) is 0 Å². The summed E-state index contributed by atoms with van der Waals surface area (Å²) < 4.78 is 1.39. The summed E-state index contributed by atoms with van der Waals surface area (Å²) in [4.78, 5) is 0. The molecule has 0 N–H and O–H groups in total. The first-order valence-electron chi connectivity index (χ1n) is 3.74. The largest absolute Gasteiger partial charge is 0.0829 e. The van der Waals surface area contributed by atoms with Gasteiger partial charge in [-0.2, -0.15) is 0 Å². The molecule has 0 aliphatic heterocycles. The Bertz CT molecular complexity index is 166. The van der Waals surface area contributed by atoms with E-state index in [1.165, 1.54) is 10.0 Å². The quantitative estimate of drug-likeness (QED) is 0.622. The van der Waals surface area contributed by atoms with E-state index in [9.17, 15) is 0 Å². The molecule has 56 valence electrons. The van der Waals surface area contributed by atoms with Gasteiger partial charge >= 0.3 is 0 Å². The maximum Gasteiger partial charge on any atom is 0.00898 e. The molecular weight excluding hydrogens is 235 g/mol. The molecule has 0 saturated heterocycles. The maximum absolute atomic E-state index is 2.38. The number of halogens is 1. The zero-order valence-corrected chi connectivity index (χ0v) is 8.63. The van der Waals surface area contributed by atoms with Crippen molar-refractivity contribution >= 4 is 22.6 Å². The van der Waals surface area contributed by atoms with E-state index in [-0.39, 0.29) is 0 Å². The van der Waals surface area contributed by atoms with E-state index >= 15 is 0 Å². The van der Waals surface area contributed by atoms with Crippen molar-refractivity contribution in [2.75, 3.05) is 0 Å². The first kappa shape index (κ1) is 8.31. The minimum absolute atomic E-state index is 0.775. The molecule has 0 amide bonds. The minimum atomic E-state index is 0.775. The van der Waals surface area contributed by atoms with Gasteiger partial charge in [-0.25, -0.2) is 0 Å². The third-order valence-corrected chi connectivity index (χ3v) is 2.63. The fraction of sp³-hybridized carbons (Fsp3) is 0.556. The highest BCUT2D eigenvalue weighted by Gasteiger charge is 2.11. The van der Waals surface area contributed by atoms with E-state index in [2.05, 4.69) is 54.7 Å². The first-order chi connectivity index (χ1) is 4.70. The number of rotatable bonds is 1. The van der Waals surface area contributed by atoms with Crippen molar-refractivity contribution in [3.8, 4) is 0 Å². The van der Waals surface area contributed by atoms with E-state index in [1.807, 2.05) is 0 Å². The molecule has 0 bridgehead atoms. The predicted octanol–water partition coefficient (Wildman–Crippen LogP) is 3.54. The lowest BCUT2D eigenvalue weighted by atomic mass is 9.90. The molecule has 0 fully saturated rings. The second-order valence-corrected chi connectivity index (χ2v) is 4.34. The van der Waals surface area contributed by atoms with Gasteiger partial charge < -0.3 is 0 Å². The van der Waals surface area contributed by atoms with Crippen molar-refractivity contribution in [1.82, 2.24) is 0 Å². The van der Waals surface area contributed by atoms with E-state index in [0.717, 1.165) is 11.8 Å². The molecule has 1 atom stereocenters. The molecule has 0 nitrogen and oxygen atoms in total. The van der Waals surface area contributed by atoms with Crippen molar-refractivity contribution in [2.45, 2.75) is 20.3 Å². The summed E-state index contributed by atoms with van der Waals surface area (Å²) in [6.07, 6.45) is 8.06. The van der Waals surface area contributed by atoms with E-state index in [1.54, 1.807) is 0 Å². The Kier molecular flexibility index (Phi) is 2.96. The normalized spacial score (nSPS) is 25.2. The van der Waals surface area contributed by atoms with Crippen LogP contribution in [-0.4, -0.2) is 0 Å². The summed E-state index contributed by atoms with van der Waals surface area (Å²) >= 11 is 2.38. The van der Waals surface area contributed by atoms with Crippen LogP contribution in [0.2, 0.25) is 0 Å². The molecule has 1 aliphatic rings. The average molecular weight is 248 g/mol. The lowest BCUT2D eigenvalue weighted by Crippen LogP contribution is -2.06. The van der Waals surface area contributed by atoms with Crippen LogP contribution in [0.25, 0.3) is 0 Å². The van der Waals surface area contributed by atoms with E-state index < -0.39 is 0 Å². The van der Waals surface area contributed by atoms with Crippen LogP contribution in [0, 0.1) is 11.8 Å². The monoisotopic (exact) mass is 248 g/mol. The molecule has 1 heteroatoms. The second-order valence-electron chi connectivity index (χ2n) is 3.10. The Labute approximate surface area is 76.5 Å². The van der Waals surface area contributed by atoms with Crippen LogP contribution in [0.5, 0.6) is 0 Å². The van der Waals surface area contributed by atoms with Crippen molar-refractivity contribution in [2.24, 2.45) is 11.8 Å². The van der Waals surface area contributed by atoms with E-state index in [4.69, 9.17) is 0 Å². The van der Waals surface area contributed by atoms with Gasteiger partial charge in [0.25, 0.3) is 0 Å². The maximum atomic E-state index is 2.38. The second kappa shape index (κ2) is 3.56. The number of hydrogen-bond acceptors (Lipinski definition) is 0. The first-order valence-corrected chi connectivity index (χ1v) is 4.82. The Morgan fingerprint density at radius 3 is 2.70 bits per heavy atom. The summed E-state index contributed by atoms with van der Waals surface area (Å²) in [6.45, 7) is 4.56. The Morgan fingerprint density at radius 1 is 1.60 bits per heavy atom. The topological polar surface area (TPSA) is 0 Å². The molecule has 0 heterocycles. The summed E-state index contributed by atoms with van der Waals surface area (Å²) in [7, 11) is 0. The van der Waals surface area contributed by atoms with Crippen molar-refractivity contribution in [1.29, 1.82) is 0 Å². The lowest BCUT2D eigenvalue weighted by molar-refractivity contribution is 0.467. The molecule has 0 aromatic heterocycles. The Balaban J connectivity index is 2.60. The smallest absolute Gasteiger partial charge is 0.00898 e. The predicted molar refractivity (Wildman–Crippen MR) is 54.2 cm³/mol. The van der Waals surface area contributed by atoms with Gasteiger partial charge in [0.15, 0.2) is 0 Å². The summed E-state index contributed by atoms with van der Waals surface area (Å²) in [5, 5.41) is 0. The van der Waals surface area contributed by atoms with Crippen LogP contribution in [-0.2, 0) is 0 Å². The third kappa shape index (κ3) is 2.11. The molecule has 1 rings (SSSR count). The highest BCUT2D eigenvalue weighted by atomic mass is 127. The standard InChI is InChI=1S/C9H13I/c1-7(2)8-4-3-5-9(10)6-8/h3,5-8H,4H2,1-2H3. The molecule has 0 radical (unpaired) electrons. The van der Waals surface area contributed by atoms with Gasteiger partial charge in [-0.05, 0) is 40.8 Å². The van der Waals surface area contributed by atoms with Crippen LogP contribution >= 0.6 is 22.6 Å². The zero-order chi connectivity index (χ0) is 7.56. The van der Waals surface area contributed by atoms with Crippen molar-refractivity contribution < 1.29 is 0 Å². The highest BCUT2D eigenvalue weighted by Crippen LogP contribution is 2.26. The zero-order valence-electron chi connectivity index (χ0n) is 6.47. The molecule has 0 aromatic carbocycles. The number of allylic oxidation sites excluding steroid dienone is 4. The molecule has 1 unspecified atom stereocenters. The van der Waals surface area contributed by atoms with Gasteiger partial charge in [0.1, 0.15) is 0 Å². The van der Waals surface area contributed by atoms with Crippen molar-refractivity contribution in [3.05, 3.63) is 21.8 Å². The fourth-order valence-corrected chi connectivity index (χ4v) is 1.85. The average Bonchev–Trinajstić information content (AvgIpc) is 1.88. The van der Waals surface area contributed by atoms with Crippen LogP contribution in [0.15, 0.2) is 21.8 Å². The summed E-state index contributed by atoms with van der Waals surface area (Å²) in [5.74, 6) is 1.56. The van der Waals surface area contributed by atoms with Gasteiger partial charge in [0, 0.05) is 3.58 Å². The van der Waals surface area contributed by atoms with Crippen molar-refractivity contribution in [3.63, 3.8) is 0 Å². The molecular formula is C9H13I. The van der Waals surface area contributed by atoms with Crippen LogP contribution in [0.1, 0.15) is 20.3 Å². The fourth-order valence-electron chi connectivity index (χ4n) is 1.13. The van der Waals surface area contributed by atoms with Gasteiger partial charge in [0.05, 0.1) is 0 Å². The molecule has 10 heavy (non-hydrogen) atoms. The van der Waals surface area contributed by atoms with Gasteiger partial charge in [0.2, 0.25) is 0 Å². The van der Waals surface area contributed by atoms with Crippen LogP contribution in [0.4, 0.5) is 0 Å². The summed E-state index contributed by atoms with van der Waals surface area (Å²) in [6, 6.07) is 0. The molecule has 0 spiro atoms. The number of hydrogen-bond donors (Lipinski definition) is 0. The van der Waals surface area contributed by atoms with Crippen LogP contribution < -0.4 is 0 Å². The third-order valence-electron chi connectivity index (χ3n) is 1.91. The SMILES string of the molecule is CC(C)C1C=C(I)C=CC1. The molecule has 0 saturated carbocycles. The summed E-state index contributed by atoms with van der Waals surface area (Å²) in [5.41, 5.74) is 0. The van der Waals surface area contributed by atoms with Gasteiger partial charge in [-0.3, -0.25) is 0 Å². The minimum Gasteiger partial charge on any atom is -0.0829 e. The van der Waals surface area contributed by atoms with Crippen LogP contribution in [0.3, 0.4) is 0 Å². The Hall–Kier alpha value is 0.210. The van der Waals surface area contributed by atoms with Gasteiger partial charge in [-0.15, -0.1) is 0 Å².